The van der Waals surface area contributed by atoms with Crippen LogP contribution in [0.2, 0.25) is 5.02 Å². The van der Waals surface area contributed by atoms with Crippen LogP contribution in [-0.2, 0) is 15.0 Å². The van der Waals surface area contributed by atoms with Crippen molar-refractivity contribution in [1.82, 2.24) is 5.32 Å². The van der Waals surface area contributed by atoms with Gasteiger partial charge in [-0.3, -0.25) is 9.59 Å². The fraction of sp³-hybridized carbons (Fsp3) is 0.263. The number of hydrogen-bond donors (Lipinski definition) is 2. The summed E-state index contributed by atoms with van der Waals surface area (Å²) in [5.41, 5.74) is 2.77. The molecule has 2 N–H and O–H groups in total. The molecule has 2 aliphatic rings. The molecule has 2 aromatic rings. The lowest BCUT2D eigenvalue weighted by Gasteiger charge is -2.41. The van der Waals surface area contributed by atoms with Crippen LogP contribution >= 0.6 is 27.5 Å². The Balaban J connectivity index is 1.94. The van der Waals surface area contributed by atoms with Crippen LogP contribution in [0.1, 0.15) is 35.6 Å². The summed E-state index contributed by atoms with van der Waals surface area (Å²) < 4.78 is 0.902. The third kappa shape index (κ3) is 2.49. The van der Waals surface area contributed by atoms with Crippen LogP contribution in [0, 0.1) is 6.92 Å². The van der Waals surface area contributed by atoms with Crippen molar-refractivity contribution in [2.45, 2.75) is 31.2 Å². The molecule has 128 valence electrons. The van der Waals surface area contributed by atoms with Gasteiger partial charge in [0.1, 0.15) is 5.41 Å². The molecule has 0 saturated carbocycles. The molecule has 2 aromatic carbocycles. The van der Waals surface area contributed by atoms with Crippen LogP contribution in [0.5, 0.6) is 0 Å². The summed E-state index contributed by atoms with van der Waals surface area (Å²) in [5, 5.41) is 6.63. The normalized spacial score (nSPS) is 24.8. The predicted molar refractivity (Wildman–Crippen MR) is 101 cm³/mol. The van der Waals surface area contributed by atoms with Gasteiger partial charge in [-0.2, -0.15) is 0 Å². The molecule has 4 rings (SSSR count). The third-order valence-electron chi connectivity index (χ3n) is 5.21. The van der Waals surface area contributed by atoms with Crippen molar-refractivity contribution in [3.05, 3.63) is 62.6 Å². The van der Waals surface area contributed by atoms with Crippen molar-refractivity contribution in [2.24, 2.45) is 0 Å². The van der Waals surface area contributed by atoms with E-state index >= 15 is 0 Å². The highest BCUT2D eigenvalue weighted by Crippen LogP contribution is 2.51. The Labute approximate surface area is 159 Å². The number of rotatable bonds is 1. The first-order chi connectivity index (χ1) is 11.9. The smallest absolute Gasteiger partial charge is 0.237 e. The molecule has 2 heterocycles. The fourth-order valence-electron chi connectivity index (χ4n) is 3.98. The highest BCUT2D eigenvalue weighted by molar-refractivity contribution is 9.10. The second-order valence-corrected chi connectivity index (χ2v) is 7.97. The minimum atomic E-state index is -0.820. The summed E-state index contributed by atoms with van der Waals surface area (Å²) in [6.45, 7) is 1.97. The molecule has 25 heavy (non-hydrogen) atoms. The van der Waals surface area contributed by atoms with E-state index in [0.717, 1.165) is 26.9 Å². The van der Waals surface area contributed by atoms with Gasteiger partial charge in [0.2, 0.25) is 11.8 Å². The zero-order valence-electron chi connectivity index (χ0n) is 13.5. The van der Waals surface area contributed by atoms with Crippen LogP contribution in [0.25, 0.3) is 0 Å². The fourth-order valence-corrected chi connectivity index (χ4v) is 4.52. The van der Waals surface area contributed by atoms with Gasteiger partial charge in [-0.15, -0.1) is 0 Å². The van der Waals surface area contributed by atoms with E-state index in [1.807, 2.05) is 43.3 Å². The summed E-state index contributed by atoms with van der Waals surface area (Å²) >= 11 is 9.66. The van der Waals surface area contributed by atoms with Crippen molar-refractivity contribution in [3.8, 4) is 0 Å². The zero-order chi connectivity index (χ0) is 17.8. The Kier molecular flexibility index (Phi) is 3.89. The molecular weight excluding hydrogens is 404 g/mol. The molecule has 2 aliphatic heterocycles. The highest BCUT2D eigenvalue weighted by Gasteiger charge is 2.55. The molecule has 1 spiro atoms. The summed E-state index contributed by atoms with van der Waals surface area (Å²) in [5.74, 6) is -0.127. The number of anilines is 1. The Morgan fingerprint density at radius 2 is 2.00 bits per heavy atom. The first-order valence-electron chi connectivity index (χ1n) is 8.09. The maximum atomic E-state index is 13.1. The van der Waals surface area contributed by atoms with Gasteiger partial charge in [-0.1, -0.05) is 39.7 Å². The van der Waals surface area contributed by atoms with Crippen molar-refractivity contribution >= 4 is 45.0 Å². The molecule has 0 unspecified atom stereocenters. The van der Waals surface area contributed by atoms with Gasteiger partial charge in [-0.25, -0.2) is 0 Å². The maximum absolute atomic E-state index is 13.1. The van der Waals surface area contributed by atoms with Gasteiger partial charge in [0.25, 0.3) is 0 Å². The van der Waals surface area contributed by atoms with E-state index in [0.29, 0.717) is 17.9 Å². The summed E-state index contributed by atoms with van der Waals surface area (Å²) in [6.07, 6.45) is 0.787. The minimum Gasteiger partial charge on any atom is -0.348 e. The molecule has 0 aromatic heterocycles. The van der Waals surface area contributed by atoms with Gasteiger partial charge in [0.15, 0.2) is 0 Å². The van der Waals surface area contributed by atoms with E-state index in [1.165, 1.54) is 0 Å². The van der Waals surface area contributed by atoms with Gasteiger partial charge < -0.3 is 10.6 Å². The monoisotopic (exact) mass is 418 g/mol. The third-order valence-corrected chi connectivity index (χ3v) is 5.94. The van der Waals surface area contributed by atoms with E-state index in [4.69, 9.17) is 11.6 Å². The SMILES string of the molecule is Cc1ccc(Cl)cc1[C@H]1NC(=O)CC[C@]12C(=O)Nc1cc(Br)ccc12. The molecule has 2 atom stereocenters. The van der Waals surface area contributed by atoms with E-state index in [1.54, 1.807) is 0 Å². The van der Waals surface area contributed by atoms with Crippen LogP contribution in [0.3, 0.4) is 0 Å². The van der Waals surface area contributed by atoms with E-state index in [-0.39, 0.29) is 11.8 Å². The van der Waals surface area contributed by atoms with Crippen LogP contribution in [0.15, 0.2) is 40.9 Å². The Bertz CT molecular complexity index is 914. The van der Waals surface area contributed by atoms with Gasteiger partial charge in [0, 0.05) is 21.6 Å². The lowest BCUT2D eigenvalue weighted by atomic mass is 9.67. The molecule has 0 radical (unpaired) electrons. The number of fused-ring (bicyclic) bond motifs is 2. The number of halogens is 2. The van der Waals surface area contributed by atoms with E-state index in [2.05, 4.69) is 26.6 Å². The number of benzene rings is 2. The van der Waals surface area contributed by atoms with Crippen LogP contribution < -0.4 is 10.6 Å². The topological polar surface area (TPSA) is 58.2 Å². The Morgan fingerprint density at radius 1 is 1.20 bits per heavy atom. The lowest BCUT2D eigenvalue weighted by Crippen LogP contribution is -2.52. The zero-order valence-corrected chi connectivity index (χ0v) is 15.9. The molecule has 4 nitrogen and oxygen atoms in total. The summed E-state index contributed by atoms with van der Waals surface area (Å²) in [7, 11) is 0. The first kappa shape index (κ1) is 16.6. The second-order valence-electron chi connectivity index (χ2n) is 6.62. The molecule has 2 amide bonds. The average Bonchev–Trinajstić information content (AvgIpc) is 2.84. The number of nitrogens with one attached hydrogen (secondary N) is 2. The van der Waals surface area contributed by atoms with Crippen molar-refractivity contribution in [1.29, 1.82) is 0 Å². The first-order valence-corrected chi connectivity index (χ1v) is 9.26. The number of aryl methyl sites for hydroxylation is 1. The summed E-state index contributed by atoms with van der Waals surface area (Å²) in [6, 6.07) is 10.9. The van der Waals surface area contributed by atoms with Crippen molar-refractivity contribution in [3.63, 3.8) is 0 Å². The molecule has 0 bridgehead atoms. The van der Waals surface area contributed by atoms with Crippen LogP contribution in [-0.4, -0.2) is 11.8 Å². The standard InChI is InChI=1S/C19H16BrClN2O2/c1-10-2-4-12(21)9-13(10)17-19(7-6-16(24)23-17)14-5-3-11(20)8-15(14)22-18(19)25/h2-5,8-9,17H,6-7H2,1H3,(H,22,25)(H,23,24)/t17-,19-/m1/s1. The van der Waals surface area contributed by atoms with E-state index < -0.39 is 11.5 Å². The van der Waals surface area contributed by atoms with Crippen molar-refractivity contribution in [2.75, 3.05) is 5.32 Å². The second kappa shape index (κ2) is 5.85. The molecule has 6 heteroatoms. The van der Waals surface area contributed by atoms with E-state index in [9.17, 15) is 9.59 Å². The number of hydrogen-bond acceptors (Lipinski definition) is 2. The number of amides is 2. The molecule has 0 aliphatic carbocycles. The Hall–Kier alpha value is -1.85. The average molecular weight is 420 g/mol. The summed E-state index contributed by atoms with van der Waals surface area (Å²) in [4.78, 5) is 25.3. The predicted octanol–water partition coefficient (Wildman–Crippen LogP) is 4.25. The molecular formula is C19H16BrClN2O2. The molecule has 1 saturated heterocycles. The Morgan fingerprint density at radius 3 is 2.80 bits per heavy atom. The van der Waals surface area contributed by atoms with Gasteiger partial charge >= 0.3 is 0 Å². The lowest BCUT2D eigenvalue weighted by molar-refractivity contribution is -0.130. The largest absolute Gasteiger partial charge is 0.348 e. The number of carbonyl (C=O) groups excluding carboxylic acids is 2. The van der Waals surface area contributed by atoms with Crippen molar-refractivity contribution < 1.29 is 9.59 Å². The van der Waals surface area contributed by atoms with Crippen LogP contribution in [0.4, 0.5) is 5.69 Å². The highest BCUT2D eigenvalue weighted by atomic mass is 79.9. The van der Waals surface area contributed by atoms with Gasteiger partial charge in [0.05, 0.1) is 6.04 Å². The minimum absolute atomic E-state index is 0.0478. The van der Waals surface area contributed by atoms with Gasteiger partial charge in [-0.05, 0) is 54.3 Å². The molecule has 1 fully saturated rings. The number of carbonyl (C=O) groups is 2. The quantitative estimate of drug-likeness (QED) is 0.726. The number of piperidine rings is 1. The maximum Gasteiger partial charge on any atom is 0.237 e.